The van der Waals surface area contributed by atoms with Crippen LogP contribution >= 0.6 is 22.6 Å². The van der Waals surface area contributed by atoms with Crippen LogP contribution in [-0.2, 0) is 10.1 Å². The summed E-state index contributed by atoms with van der Waals surface area (Å²) < 4.78 is 95.3. The molecular weight excluding hydrogens is 499 g/mol. The number of hydrogen-bond acceptors (Lipinski definition) is 5. The minimum Gasteiger partial charge on any atom is -0.496 e. The zero-order chi connectivity index (χ0) is 19.8. The highest BCUT2D eigenvalue weighted by Crippen LogP contribution is 2.33. The van der Waals surface area contributed by atoms with Crippen LogP contribution in [0.1, 0.15) is 10.4 Å². The van der Waals surface area contributed by atoms with Crippen LogP contribution < -0.4 is 9.47 Å². The van der Waals surface area contributed by atoms with Crippen LogP contribution in [0, 0.1) is 26.8 Å². The molecule has 0 fully saturated rings. The Morgan fingerprint density at radius 1 is 1.08 bits per heavy atom. The molecule has 6 nitrogen and oxygen atoms in total. The van der Waals surface area contributed by atoms with E-state index in [0.717, 1.165) is 6.07 Å². The Hall–Kier alpha value is -1.93. The summed E-state index contributed by atoms with van der Waals surface area (Å²) in [5.74, 6) is -12.4. The first-order chi connectivity index (χ1) is 12.0. The van der Waals surface area contributed by atoms with Gasteiger partial charge in [-0.1, -0.05) is 0 Å². The molecule has 0 radical (unpaired) electrons. The molecule has 2 aromatic carbocycles. The van der Waals surface area contributed by atoms with Crippen LogP contribution in [0.15, 0.2) is 23.1 Å². The van der Waals surface area contributed by atoms with Gasteiger partial charge < -0.3 is 9.47 Å². The van der Waals surface area contributed by atoms with Crippen molar-refractivity contribution in [1.82, 2.24) is 0 Å². The molecule has 0 atom stereocenters. The lowest BCUT2D eigenvalue weighted by molar-refractivity contribution is 0.0716. The van der Waals surface area contributed by atoms with Crippen LogP contribution in [-0.4, -0.2) is 26.0 Å². The lowest BCUT2D eigenvalue weighted by Gasteiger charge is -2.11. The van der Waals surface area contributed by atoms with Gasteiger partial charge in [-0.2, -0.15) is 17.2 Å². The Morgan fingerprint density at radius 2 is 1.62 bits per heavy atom. The van der Waals surface area contributed by atoms with Crippen LogP contribution in [0.2, 0.25) is 0 Å². The highest BCUT2D eigenvalue weighted by atomic mass is 127. The van der Waals surface area contributed by atoms with Gasteiger partial charge >= 0.3 is 16.1 Å². The van der Waals surface area contributed by atoms with Gasteiger partial charge in [0.2, 0.25) is 17.4 Å². The van der Waals surface area contributed by atoms with Gasteiger partial charge in [0.25, 0.3) is 0 Å². The molecule has 140 valence electrons. The molecule has 0 aromatic heterocycles. The van der Waals surface area contributed by atoms with E-state index in [1.165, 1.54) is 19.2 Å². The van der Waals surface area contributed by atoms with Crippen LogP contribution in [0.3, 0.4) is 0 Å². The molecule has 0 bridgehead atoms. The first-order valence-electron chi connectivity index (χ1n) is 6.38. The van der Waals surface area contributed by atoms with Gasteiger partial charge in [-0.15, -0.1) is 0 Å². The lowest BCUT2D eigenvalue weighted by atomic mass is 10.2. The Balaban J connectivity index is 2.52. The maximum Gasteiger partial charge on any atom is 0.343 e. The first kappa shape index (κ1) is 20.4. The highest BCUT2D eigenvalue weighted by Gasteiger charge is 2.34. The topological polar surface area (TPSA) is 89.9 Å². The van der Waals surface area contributed by atoms with E-state index in [-0.39, 0.29) is 11.3 Å². The van der Waals surface area contributed by atoms with E-state index >= 15 is 0 Å². The van der Waals surface area contributed by atoms with E-state index in [1.54, 1.807) is 0 Å². The zero-order valence-electron chi connectivity index (χ0n) is 12.5. The summed E-state index contributed by atoms with van der Waals surface area (Å²) in [6.07, 6.45) is 0. The summed E-state index contributed by atoms with van der Waals surface area (Å²) in [6.45, 7) is 0. The third-order valence-corrected chi connectivity index (χ3v) is 4.79. The molecule has 0 saturated heterocycles. The number of carbonyl (C=O) groups excluding carboxylic acids is 1. The second kappa shape index (κ2) is 7.36. The summed E-state index contributed by atoms with van der Waals surface area (Å²) >= 11 is 1.88. The van der Waals surface area contributed by atoms with Gasteiger partial charge in [0, 0.05) is 0 Å². The fourth-order valence-corrected chi connectivity index (χ4v) is 3.03. The molecule has 0 aliphatic heterocycles. The molecule has 1 N–H and O–H groups in total. The van der Waals surface area contributed by atoms with E-state index in [0.29, 0.717) is 3.57 Å². The van der Waals surface area contributed by atoms with Crippen molar-refractivity contribution in [3.05, 3.63) is 50.6 Å². The average Bonchev–Trinajstić information content (AvgIpc) is 2.56. The first-order valence-corrected chi connectivity index (χ1v) is 8.90. The van der Waals surface area contributed by atoms with Crippen molar-refractivity contribution >= 4 is 38.7 Å². The Kier molecular flexibility index (Phi) is 5.77. The Labute approximate surface area is 157 Å². The predicted molar refractivity (Wildman–Crippen MR) is 86.8 cm³/mol. The van der Waals surface area contributed by atoms with Crippen LogP contribution in [0.4, 0.5) is 17.6 Å². The monoisotopic (exact) mass is 506 g/mol. The number of carbonyl (C=O) groups is 1. The van der Waals surface area contributed by atoms with Gasteiger partial charge in [-0.3, -0.25) is 4.55 Å². The summed E-state index contributed by atoms with van der Waals surface area (Å²) in [7, 11) is -4.31. The number of hydrogen-bond donors (Lipinski definition) is 1. The molecule has 0 aliphatic rings. The number of halogens is 5. The van der Waals surface area contributed by atoms with Crippen molar-refractivity contribution in [3.63, 3.8) is 0 Å². The SMILES string of the molecule is COc1cc(C(=O)Oc2c(F)c(F)c(S(=O)(=O)O)c(F)c2F)ccc1I. The zero-order valence-corrected chi connectivity index (χ0v) is 15.5. The standard InChI is InChI=1S/C14H7F4IO6S/c1-24-7-4-5(2-3-6(7)19)14(20)25-12-8(15)10(17)13(26(21,22)23)11(18)9(12)16/h2-4H,1H3,(H,21,22,23). The van der Waals surface area contributed by atoms with Crippen LogP contribution in [0.5, 0.6) is 11.5 Å². The Bertz CT molecular complexity index is 980. The van der Waals surface area contributed by atoms with E-state index in [4.69, 9.17) is 9.29 Å². The fraction of sp³-hybridized carbons (Fsp3) is 0.0714. The minimum atomic E-state index is -5.61. The number of methoxy groups -OCH3 is 1. The molecule has 2 rings (SSSR count). The van der Waals surface area contributed by atoms with Gasteiger partial charge in [-0.05, 0) is 40.8 Å². The smallest absolute Gasteiger partial charge is 0.343 e. The van der Waals surface area contributed by atoms with E-state index in [1.807, 2.05) is 22.6 Å². The molecule has 26 heavy (non-hydrogen) atoms. The number of rotatable bonds is 4. The maximum atomic E-state index is 13.9. The molecule has 0 spiro atoms. The molecule has 0 aliphatic carbocycles. The highest BCUT2D eigenvalue weighted by molar-refractivity contribution is 14.1. The second-order valence-electron chi connectivity index (χ2n) is 4.63. The third-order valence-electron chi connectivity index (χ3n) is 3.02. The molecule has 0 unspecified atom stereocenters. The van der Waals surface area contributed by atoms with E-state index < -0.39 is 50.0 Å². The van der Waals surface area contributed by atoms with Gasteiger partial charge in [-0.25, -0.2) is 13.6 Å². The molecule has 0 saturated carbocycles. The Morgan fingerprint density at radius 3 is 2.08 bits per heavy atom. The van der Waals surface area contributed by atoms with Crippen molar-refractivity contribution < 1.29 is 44.8 Å². The molecule has 2 aromatic rings. The van der Waals surface area contributed by atoms with Gasteiger partial charge in [0.05, 0.1) is 16.2 Å². The minimum absolute atomic E-state index is 0.222. The van der Waals surface area contributed by atoms with Gasteiger partial charge in [0.1, 0.15) is 5.75 Å². The molecule has 0 amide bonds. The predicted octanol–water partition coefficient (Wildman–Crippen LogP) is 3.32. The maximum absolute atomic E-state index is 13.9. The number of esters is 1. The molecule has 12 heteroatoms. The lowest BCUT2D eigenvalue weighted by Crippen LogP contribution is -2.16. The molecule has 0 heterocycles. The number of benzene rings is 2. The van der Waals surface area contributed by atoms with Crippen molar-refractivity contribution in [2.75, 3.05) is 7.11 Å². The van der Waals surface area contributed by atoms with Crippen molar-refractivity contribution in [2.24, 2.45) is 0 Å². The summed E-state index contributed by atoms with van der Waals surface area (Å²) in [6, 6.07) is 3.76. The summed E-state index contributed by atoms with van der Waals surface area (Å²) in [5, 5.41) is 0. The van der Waals surface area contributed by atoms with Crippen molar-refractivity contribution in [1.29, 1.82) is 0 Å². The average molecular weight is 506 g/mol. The molecular formula is C14H7F4IO6S. The fourth-order valence-electron chi connectivity index (χ4n) is 1.85. The summed E-state index contributed by atoms with van der Waals surface area (Å²) in [4.78, 5) is 9.74. The quantitative estimate of drug-likeness (QED) is 0.171. The van der Waals surface area contributed by atoms with Gasteiger partial charge in [0.15, 0.2) is 16.5 Å². The second-order valence-corrected chi connectivity index (χ2v) is 7.15. The summed E-state index contributed by atoms with van der Waals surface area (Å²) in [5.41, 5.74) is -0.263. The van der Waals surface area contributed by atoms with Crippen molar-refractivity contribution in [2.45, 2.75) is 4.90 Å². The van der Waals surface area contributed by atoms with E-state index in [9.17, 15) is 30.8 Å². The van der Waals surface area contributed by atoms with Crippen LogP contribution in [0.25, 0.3) is 0 Å². The third kappa shape index (κ3) is 3.76. The normalized spacial score (nSPS) is 11.3. The van der Waals surface area contributed by atoms with Crippen molar-refractivity contribution in [3.8, 4) is 11.5 Å². The number of ether oxygens (including phenoxy) is 2. The largest absolute Gasteiger partial charge is 0.496 e. The van der Waals surface area contributed by atoms with E-state index in [2.05, 4.69) is 4.74 Å².